The monoisotopic (exact) mass is 274 g/mol. The summed E-state index contributed by atoms with van der Waals surface area (Å²) in [6, 6.07) is 1.61. The summed E-state index contributed by atoms with van der Waals surface area (Å²) >= 11 is 1.43. The molecule has 1 aliphatic rings. The molecule has 7 heteroatoms. The molecule has 0 bridgehead atoms. The molecular formula is C10H14N2O3S2. The molecular weight excluding hydrogens is 260 g/mol. The molecule has 2 rings (SSSR count). The Labute approximate surface area is 105 Å². The first-order valence-corrected chi connectivity index (χ1v) is 8.28. The second-order valence-electron chi connectivity index (χ2n) is 3.89. The van der Waals surface area contributed by atoms with Gasteiger partial charge in [-0.1, -0.05) is 0 Å². The third-order valence-electron chi connectivity index (χ3n) is 2.17. The molecule has 1 aromatic rings. The zero-order valence-electron chi connectivity index (χ0n) is 9.63. The van der Waals surface area contributed by atoms with Crippen LogP contribution in [0.3, 0.4) is 0 Å². The molecule has 1 heterocycles. The van der Waals surface area contributed by atoms with Gasteiger partial charge in [0.05, 0.1) is 18.0 Å². The first kappa shape index (κ1) is 12.5. The molecule has 0 unspecified atom stereocenters. The van der Waals surface area contributed by atoms with E-state index >= 15 is 0 Å². The van der Waals surface area contributed by atoms with Crippen LogP contribution in [0.5, 0.6) is 5.75 Å². The van der Waals surface area contributed by atoms with Gasteiger partial charge < -0.3 is 4.74 Å². The van der Waals surface area contributed by atoms with E-state index in [0.29, 0.717) is 16.5 Å². The molecule has 1 aliphatic carbocycles. The van der Waals surface area contributed by atoms with Crippen molar-refractivity contribution in [2.45, 2.75) is 24.0 Å². The van der Waals surface area contributed by atoms with Crippen LogP contribution in [-0.2, 0) is 10.0 Å². The van der Waals surface area contributed by atoms with Gasteiger partial charge in [-0.15, -0.1) is 11.8 Å². The average molecular weight is 274 g/mol. The summed E-state index contributed by atoms with van der Waals surface area (Å²) in [6.45, 7) is 0. The third-order valence-corrected chi connectivity index (χ3v) is 3.44. The third kappa shape index (κ3) is 3.50. The SMILES string of the molecule is CSc1nccc(NS(C)(=O)=O)c1OC1CC1. The number of ether oxygens (including phenoxy) is 1. The van der Waals surface area contributed by atoms with Crippen LogP contribution in [0.15, 0.2) is 17.3 Å². The van der Waals surface area contributed by atoms with Crippen LogP contribution in [0.25, 0.3) is 0 Å². The number of nitrogens with zero attached hydrogens (tertiary/aromatic N) is 1. The molecule has 0 aliphatic heterocycles. The standard InChI is InChI=1S/C10H14N2O3S2/c1-16-10-9(15-7-3-4-7)8(5-6-11-10)12-17(2,13)14/h5-7H,3-4H2,1-2H3,(H,11,12). The van der Waals surface area contributed by atoms with Crippen molar-refractivity contribution in [2.75, 3.05) is 17.2 Å². The van der Waals surface area contributed by atoms with Gasteiger partial charge in [0, 0.05) is 6.20 Å². The van der Waals surface area contributed by atoms with Crippen molar-refractivity contribution in [3.8, 4) is 5.75 Å². The molecule has 1 aromatic heterocycles. The van der Waals surface area contributed by atoms with Gasteiger partial charge in [0.25, 0.3) is 0 Å². The molecule has 0 aromatic carbocycles. The van der Waals surface area contributed by atoms with E-state index in [1.54, 1.807) is 12.3 Å². The van der Waals surface area contributed by atoms with E-state index in [9.17, 15) is 8.42 Å². The Morgan fingerprint density at radius 1 is 1.53 bits per heavy atom. The predicted octanol–water partition coefficient (Wildman–Crippen LogP) is 1.72. The first-order chi connectivity index (χ1) is 7.99. The molecule has 5 nitrogen and oxygen atoms in total. The molecule has 1 N–H and O–H groups in total. The molecule has 17 heavy (non-hydrogen) atoms. The Bertz CT molecular complexity index is 512. The number of pyridine rings is 1. The fourth-order valence-electron chi connectivity index (χ4n) is 1.32. The van der Waals surface area contributed by atoms with Crippen LogP contribution in [0.2, 0.25) is 0 Å². The van der Waals surface area contributed by atoms with Crippen LogP contribution in [0.1, 0.15) is 12.8 Å². The van der Waals surface area contributed by atoms with Gasteiger partial charge in [0.2, 0.25) is 10.0 Å². The Morgan fingerprint density at radius 2 is 2.24 bits per heavy atom. The highest BCUT2D eigenvalue weighted by Gasteiger charge is 2.26. The van der Waals surface area contributed by atoms with Crippen LogP contribution in [-0.4, -0.2) is 32.0 Å². The number of hydrogen-bond donors (Lipinski definition) is 1. The highest BCUT2D eigenvalue weighted by atomic mass is 32.2. The average Bonchev–Trinajstić information content (AvgIpc) is 3.02. The largest absolute Gasteiger partial charge is 0.485 e. The van der Waals surface area contributed by atoms with Crippen LogP contribution >= 0.6 is 11.8 Å². The maximum atomic E-state index is 11.3. The van der Waals surface area contributed by atoms with Gasteiger partial charge >= 0.3 is 0 Å². The van der Waals surface area contributed by atoms with Crippen molar-refractivity contribution in [1.82, 2.24) is 4.98 Å². The minimum absolute atomic E-state index is 0.199. The van der Waals surface area contributed by atoms with E-state index in [4.69, 9.17) is 4.74 Å². The molecule has 1 fully saturated rings. The fraction of sp³-hybridized carbons (Fsp3) is 0.500. The van der Waals surface area contributed by atoms with Crippen molar-refractivity contribution in [3.63, 3.8) is 0 Å². The highest BCUT2D eigenvalue weighted by molar-refractivity contribution is 7.98. The normalized spacial score (nSPS) is 15.6. The van der Waals surface area contributed by atoms with Crippen molar-refractivity contribution in [1.29, 1.82) is 0 Å². The van der Waals surface area contributed by atoms with E-state index in [1.807, 2.05) is 6.26 Å². The minimum Gasteiger partial charge on any atom is -0.485 e. The molecule has 1 saturated carbocycles. The summed E-state index contributed by atoms with van der Waals surface area (Å²) in [5, 5.41) is 0.700. The molecule has 94 valence electrons. The van der Waals surface area contributed by atoms with E-state index in [2.05, 4.69) is 9.71 Å². The van der Waals surface area contributed by atoms with Gasteiger partial charge in [0.1, 0.15) is 5.03 Å². The lowest BCUT2D eigenvalue weighted by Crippen LogP contribution is -2.12. The number of aromatic nitrogens is 1. The van der Waals surface area contributed by atoms with Gasteiger partial charge in [-0.2, -0.15) is 0 Å². The van der Waals surface area contributed by atoms with Gasteiger partial charge in [0.15, 0.2) is 5.75 Å². The molecule has 0 atom stereocenters. The van der Waals surface area contributed by atoms with E-state index < -0.39 is 10.0 Å². The van der Waals surface area contributed by atoms with Crippen molar-refractivity contribution >= 4 is 27.5 Å². The zero-order valence-corrected chi connectivity index (χ0v) is 11.3. The topological polar surface area (TPSA) is 68.3 Å². The second kappa shape index (κ2) is 4.73. The lowest BCUT2D eigenvalue weighted by Gasteiger charge is -2.13. The van der Waals surface area contributed by atoms with Crippen LogP contribution < -0.4 is 9.46 Å². The predicted molar refractivity (Wildman–Crippen MR) is 68.1 cm³/mol. The van der Waals surface area contributed by atoms with E-state index in [1.165, 1.54) is 11.8 Å². The Kier molecular flexibility index (Phi) is 3.48. The van der Waals surface area contributed by atoms with Gasteiger partial charge in [-0.3, -0.25) is 4.72 Å². The second-order valence-corrected chi connectivity index (χ2v) is 6.43. The van der Waals surface area contributed by atoms with E-state index in [0.717, 1.165) is 19.1 Å². The zero-order chi connectivity index (χ0) is 12.5. The molecule has 0 saturated heterocycles. The van der Waals surface area contributed by atoms with Gasteiger partial charge in [-0.05, 0) is 25.2 Å². The van der Waals surface area contributed by atoms with Crippen LogP contribution in [0.4, 0.5) is 5.69 Å². The van der Waals surface area contributed by atoms with Crippen molar-refractivity contribution in [2.24, 2.45) is 0 Å². The summed E-state index contributed by atoms with van der Waals surface area (Å²) in [4.78, 5) is 4.17. The summed E-state index contributed by atoms with van der Waals surface area (Å²) in [7, 11) is -3.31. The lowest BCUT2D eigenvalue weighted by molar-refractivity contribution is 0.295. The van der Waals surface area contributed by atoms with Crippen LogP contribution in [0, 0.1) is 0 Å². The maximum Gasteiger partial charge on any atom is 0.229 e. The Hall–Kier alpha value is -0.950. The number of thioether (sulfide) groups is 1. The summed E-state index contributed by atoms with van der Waals surface area (Å²) < 4.78 is 30.7. The Balaban J connectivity index is 2.34. The molecule has 0 radical (unpaired) electrons. The summed E-state index contributed by atoms with van der Waals surface area (Å²) in [5.74, 6) is 0.535. The Morgan fingerprint density at radius 3 is 2.76 bits per heavy atom. The number of sulfonamides is 1. The number of hydrogen-bond acceptors (Lipinski definition) is 5. The summed E-state index contributed by atoms with van der Waals surface area (Å²) in [5.41, 5.74) is 0.457. The minimum atomic E-state index is -3.31. The fourth-order valence-corrected chi connectivity index (χ4v) is 2.39. The number of nitrogens with one attached hydrogen (secondary N) is 1. The maximum absolute atomic E-state index is 11.3. The smallest absolute Gasteiger partial charge is 0.229 e. The quantitative estimate of drug-likeness (QED) is 0.828. The molecule has 0 spiro atoms. The summed E-state index contributed by atoms with van der Waals surface area (Å²) in [6.07, 6.45) is 6.80. The highest BCUT2D eigenvalue weighted by Crippen LogP contribution is 2.37. The van der Waals surface area contributed by atoms with Gasteiger partial charge in [-0.25, -0.2) is 13.4 Å². The van der Waals surface area contributed by atoms with E-state index in [-0.39, 0.29) is 6.10 Å². The first-order valence-electron chi connectivity index (χ1n) is 5.17. The van der Waals surface area contributed by atoms with Crippen molar-refractivity contribution < 1.29 is 13.2 Å². The number of rotatable bonds is 5. The molecule has 0 amide bonds. The van der Waals surface area contributed by atoms with Crippen molar-refractivity contribution in [3.05, 3.63) is 12.3 Å². The lowest BCUT2D eigenvalue weighted by atomic mass is 10.4. The number of anilines is 1.